The van der Waals surface area contributed by atoms with E-state index in [1.807, 2.05) is 0 Å². The Morgan fingerprint density at radius 3 is 2.46 bits per heavy atom. The van der Waals surface area contributed by atoms with Gasteiger partial charge in [-0.05, 0) is 63.2 Å². The Morgan fingerprint density at radius 1 is 1.14 bits per heavy atom. The standard InChI is InChI=1S/C23H36O5/c1-16-11-14-23(15-28-21(26)10-9-20(25)27-5)17(2)7-6-8-19(23)22(16,4)13-12-18(3)24/h7,16,19H,6,8-15H2,1-5H3/t16-,19-,22+,23-/m1/s1. The molecule has 0 aromatic carbocycles. The monoisotopic (exact) mass is 392 g/mol. The second-order valence-electron chi connectivity index (χ2n) is 9.06. The lowest BCUT2D eigenvalue weighted by Gasteiger charge is -2.58. The Labute approximate surface area is 169 Å². The van der Waals surface area contributed by atoms with Crippen LogP contribution in [0.1, 0.15) is 79.1 Å². The number of carbonyl (C=O) groups excluding carboxylic acids is 3. The van der Waals surface area contributed by atoms with Crippen LogP contribution >= 0.6 is 0 Å². The summed E-state index contributed by atoms with van der Waals surface area (Å²) in [5.74, 6) is 0.417. The molecule has 0 saturated heterocycles. The molecule has 1 fully saturated rings. The average Bonchev–Trinajstić information content (AvgIpc) is 2.67. The summed E-state index contributed by atoms with van der Waals surface area (Å²) < 4.78 is 10.3. The van der Waals surface area contributed by atoms with Crippen molar-refractivity contribution in [3.05, 3.63) is 11.6 Å². The molecule has 5 nitrogen and oxygen atoms in total. The summed E-state index contributed by atoms with van der Waals surface area (Å²) in [6.07, 6.45) is 8.06. The third-order valence-corrected chi connectivity index (χ3v) is 7.57. The van der Waals surface area contributed by atoms with Gasteiger partial charge in [0.15, 0.2) is 0 Å². The van der Waals surface area contributed by atoms with E-state index in [0.29, 0.717) is 24.9 Å². The maximum Gasteiger partial charge on any atom is 0.306 e. The van der Waals surface area contributed by atoms with Crippen molar-refractivity contribution in [2.45, 2.75) is 79.1 Å². The molecular weight excluding hydrogens is 356 g/mol. The number of ether oxygens (including phenoxy) is 2. The first-order valence-corrected chi connectivity index (χ1v) is 10.5. The first-order chi connectivity index (χ1) is 13.2. The van der Waals surface area contributed by atoms with E-state index in [9.17, 15) is 14.4 Å². The minimum Gasteiger partial charge on any atom is -0.469 e. The summed E-state index contributed by atoms with van der Waals surface area (Å²) in [6.45, 7) is 8.83. The van der Waals surface area contributed by atoms with Gasteiger partial charge >= 0.3 is 11.9 Å². The van der Waals surface area contributed by atoms with Gasteiger partial charge in [-0.25, -0.2) is 0 Å². The summed E-state index contributed by atoms with van der Waals surface area (Å²) in [5, 5.41) is 0. The predicted molar refractivity (Wildman–Crippen MR) is 108 cm³/mol. The van der Waals surface area contributed by atoms with Crippen LogP contribution in [0, 0.1) is 22.7 Å². The number of Topliss-reactive ketones (excluding diaryl/α,β-unsaturated/α-hetero) is 1. The number of esters is 2. The number of allylic oxidation sites excluding steroid dienone is 1. The minimum atomic E-state index is -0.398. The molecule has 0 aromatic heterocycles. The zero-order valence-corrected chi connectivity index (χ0v) is 18.1. The molecule has 28 heavy (non-hydrogen) atoms. The van der Waals surface area contributed by atoms with Crippen LogP contribution in [0.25, 0.3) is 0 Å². The van der Waals surface area contributed by atoms with Gasteiger partial charge in [-0.2, -0.15) is 0 Å². The smallest absolute Gasteiger partial charge is 0.306 e. The van der Waals surface area contributed by atoms with Crippen molar-refractivity contribution in [1.29, 1.82) is 0 Å². The van der Waals surface area contributed by atoms with Crippen molar-refractivity contribution in [2.24, 2.45) is 22.7 Å². The van der Waals surface area contributed by atoms with E-state index < -0.39 is 5.97 Å². The third kappa shape index (κ3) is 4.66. The minimum absolute atomic E-state index is 0.0495. The predicted octanol–water partition coefficient (Wildman–Crippen LogP) is 4.63. The highest BCUT2D eigenvalue weighted by molar-refractivity contribution is 5.77. The number of ketones is 1. The molecule has 0 spiro atoms. The van der Waals surface area contributed by atoms with Gasteiger partial charge in [0.1, 0.15) is 12.4 Å². The summed E-state index contributed by atoms with van der Waals surface area (Å²) in [4.78, 5) is 35.2. The van der Waals surface area contributed by atoms with E-state index in [1.165, 1.54) is 12.7 Å². The fraction of sp³-hybridized carbons (Fsp3) is 0.783. The molecule has 0 unspecified atom stereocenters. The lowest BCUT2D eigenvalue weighted by molar-refractivity contribution is -0.156. The van der Waals surface area contributed by atoms with Crippen LogP contribution in [0.3, 0.4) is 0 Å². The number of methoxy groups -OCH3 is 1. The Morgan fingerprint density at radius 2 is 1.82 bits per heavy atom. The van der Waals surface area contributed by atoms with Crippen LogP contribution in [0.4, 0.5) is 0 Å². The van der Waals surface area contributed by atoms with E-state index >= 15 is 0 Å². The van der Waals surface area contributed by atoms with Crippen molar-refractivity contribution >= 4 is 17.7 Å². The molecule has 0 aromatic rings. The normalized spacial score (nSPS) is 32.1. The Hall–Kier alpha value is -1.65. The summed E-state index contributed by atoms with van der Waals surface area (Å²) >= 11 is 0. The van der Waals surface area contributed by atoms with Gasteiger partial charge in [-0.3, -0.25) is 9.59 Å². The molecule has 5 heteroatoms. The van der Waals surface area contributed by atoms with E-state index in [-0.39, 0.29) is 35.4 Å². The second-order valence-corrected chi connectivity index (χ2v) is 9.06. The van der Waals surface area contributed by atoms with Crippen molar-refractivity contribution < 1.29 is 23.9 Å². The molecule has 0 heterocycles. The van der Waals surface area contributed by atoms with Crippen molar-refractivity contribution in [3.8, 4) is 0 Å². The molecule has 4 atom stereocenters. The molecule has 2 aliphatic carbocycles. The first kappa shape index (κ1) is 22.6. The zero-order chi connectivity index (χ0) is 20.9. The largest absolute Gasteiger partial charge is 0.469 e. The molecule has 0 radical (unpaired) electrons. The Balaban J connectivity index is 2.18. The second kappa shape index (κ2) is 9.23. The third-order valence-electron chi connectivity index (χ3n) is 7.57. The molecule has 1 saturated carbocycles. The summed E-state index contributed by atoms with van der Waals surface area (Å²) in [7, 11) is 1.32. The first-order valence-electron chi connectivity index (χ1n) is 10.5. The molecule has 2 aliphatic rings. The van der Waals surface area contributed by atoms with E-state index in [1.54, 1.807) is 6.92 Å². The molecule has 0 aliphatic heterocycles. The van der Waals surface area contributed by atoms with Crippen LogP contribution in [-0.4, -0.2) is 31.4 Å². The highest BCUT2D eigenvalue weighted by Gasteiger charge is 2.55. The van der Waals surface area contributed by atoms with Crippen molar-refractivity contribution in [1.82, 2.24) is 0 Å². The highest BCUT2D eigenvalue weighted by atomic mass is 16.5. The fourth-order valence-corrected chi connectivity index (χ4v) is 5.44. The van der Waals surface area contributed by atoms with Gasteiger partial charge in [0, 0.05) is 11.8 Å². The topological polar surface area (TPSA) is 69.7 Å². The molecular formula is C23H36O5. The van der Waals surface area contributed by atoms with Crippen LogP contribution in [0.5, 0.6) is 0 Å². The van der Waals surface area contributed by atoms with E-state index in [2.05, 4.69) is 31.6 Å². The van der Waals surface area contributed by atoms with Crippen LogP contribution in [0.2, 0.25) is 0 Å². The number of hydrogen-bond acceptors (Lipinski definition) is 5. The van der Waals surface area contributed by atoms with Gasteiger partial charge in [-0.15, -0.1) is 0 Å². The average molecular weight is 393 g/mol. The lowest BCUT2D eigenvalue weighted by atomic mass is 9.46. The number of rotatable bonds is 8. The Kier molecular flexibility index (Phi) is 7.46. The number of hydrogen-bond donors (Lipinski definition) is 0. The van der Waals surface area contributed by atoms with Gasteiger partial charge in [0.05, 0.1) is 20.0 Å². The van der Waals surface area contributed by atoms with Crippen molar-refractivity contribution in [2.75, 3.05) is 13.7 Å². The quantitative estimate of drug-likeness (QED) is 0.445. The molecule has 2 rings (SSSR count). The van der Waals surface area contributed by atoms with E-state index in [0.717, 1.165) is 32.1 Å². The van der Waals surface area contributed by atoms with Crippen LogP contribution < -0.4 is 0 Å². The fourth-order valence-electron chi connectivity index (χ4n) is 5.44. The number of carbonyl (C=O) groups is 3. The van der Waals surface area contributed by atoms with Crippen molar-refractivity contribution in [3.63, 3.8) is 0 Å². The van der Waals surface area contributed by atoms with Crippen LogP contribution in [-0.2, 0) is 23.9 Å². The molecule has 158 valence electrons. The molecule has 0 bridgehead atoms. The molecule has 0 N–H and O–H groups in total. The molecule has 0 amide bonds. The summed E-state index contributed by atoms with van der Waals surface area (Å²) in [5.41, 5.74) is 1.21. The highest BCUT2D eigenvalue weighted by Crippen LogP contribution is 2.62. The maximum atomic E-state index is 12.2. The van der Waals surface area contributed by atoms with Gasteiger partial charge < -0.3 is 14.3 Å². The van der Waals surface area contributed by atoms with Gasteiger partial charge in [0.25, 0.3) is 0 Å². The van der Waals surface area contributed by atoms with Gasteiger partial charge in [0.2, 0.25) is 0 Å². The van der Waals surface area contributed by atoms with Gasteiger partial charge in [-0.1, -0.05) is 25.5 Å². The lowest BCUT2D eigenvalue weighted by Crippen LogP contribution is -2.53. The van der Waals surface area contributed by atoms with Crippen LogP contribution in [0.15, 0.2) is 11.6 Å². The number of fused-ring (bicyclic) bond motifs is 1. The van der Waals surface area contributed by atoms with E-state index in [4.69, 9.17) is 4.74 Å². The Bertz CT molecular complexity index is 637. The maximum absolute atomic E-state index is 12.2. The SMILES string of the molecule is COC(=O)CCC(=O)OC[C@@]12CC[C@@H](C)[C@](C)(CCC(C)=O)[C@H]1CCC=C2C. The summed E-state index contributed by atoms with van der Waals surface area (Å²) in [6, 6.07) is 0. The zero-order valence-electron chi connectivity index (χ0n) is 18.1.